The average molecular weight is 373 g/mol. The van der Waals surface area contributed by atoms with E-state index in [9.17, 15) is 0 Å². The summed E-state index contributed by atoms with van der Waals surface area (Å²) in [6.45, 7) is 6.58. The van der Waals surface area contributed by atoms with Crippen molar-refractivity contribution in [3.05, 3.63) is 45.9 Å². The van der Waals surface area contributed by atoms with E-state index in [2.05, 4.69) is 40.1 Å². The molecule has 140 valence electrons. The standard InChI is InChI=1S/C20H28N4OS/c1-3-21-20(22-11-7-6-10-19-24-15(2)14-26-19)23-13-17-12-16-8-4-5-9-18(16)25-17/h4-5,8-9,14,17H,3,6-7,10-13H2,1-2H3,(H2,21,22,23). The van der Waals surface area contributed by atoms with Crippen molar-refractivity contribution in [2.24, 2.45) is 4.99 Å². The maximum atomic E-state index is 5.96. The average Bonchev–Trinajstić information content (AvgIpc) is 3.24. The Hall–Kier alpha value is -2.08. The number of unbranched alkanes of at least 4 members (excludes halogenated alkanes) is 1. The molecule has 0 fully saturated rings. The number of fused-ring (bicyclic) bond motifs is 1. The van der Waals surface area contributed by atoms with Crippen LogP contribution in [-0.2, 0) is 12.8 Å². The topological polar surface area (TPSA) is 58.5 Å². The molecule has 0 aliphatic carbocycles. The second-order valence-corrected chi connectivity index (χ2v) is 7.48. The fourth-order valence-electron chi connectivity index (χ4n) is 3.02. The minimum Gasteiger partial charge on any atom is -0.488 e. The fourth-order valence-corrected chi connectivity index (χ4v) is 3.83. The summed E-state index contributed by atoms with van der Waals surface area (Å²) in [7, 11) is 0. The van der Waals surface area contributed by atoms with E-state index < -0.39 is 0 Å². The van der Waals surface area contributed by atoms with Gasteiger partial charge in [0.05, 0.1) is 11.6 Å². The Labute approximate surface area is 159 Å². The van der Waals surface area contributed by atoms with E-state index in [1.165, 1.54) is 10.6 Å². The number of aliphatic imine (C=N–C) groups is 1. The van der Waals surface area contributed by atoms with Crippen LogP contribution in [-0.4, -0.2) is 36.7 Å². The lowest BCUT2D eigenvalue weighted by atomic mass is 10.1. The van der Waals surface area contributed by atoms with Gasteiger partial charge >= 0.3 is 0 Å². The monoisotopic (exact) mass is 372 g/mol. The van der Waals surface area contributed by atoms with Crippen molar-refractivity contribution in [3.63, 3.8) is 0 Å². The third-order valence-electron chi connectivity index (χ3n) is 4.29. The maximum Gasteiger partial charge on any atom is 0.191 e. The summed E-state index contributed by atoms with van der Waals surface area (Å²) in [5.74, 6) is 1.88. The van der Waals surface area contributed by atoms with Crippen LogP contribution in [0.5, 0.6) is 5.75 Å². The first-order valence-electron chi connectivity index (χ1n) is 9.42. The Morgan fingerprint density at radius 2 is 2.19 bits per heavy atom. The molecule has 3 rings (SSSR count). The van der Waals surface area contributed by atoms with Crippen LogP contribution in [0.25, 0.3) is 0 Å². The van der Waals surface area contributed by atoms with Gasteiger partial charge in [0.1, 0.15) is 11.9 Å². The molecule has 0 saturated heterocycles. The van der Waals surface area contributed by atoms with Crippen molar-refractivity contribution in [3.8, 4) is 5.75 Å². The van der Waals surface area contributed by atoms with E-state index in [-0.39, 0.29) is 6.10 Å². The molecule has 1 aromatic carbocycles. The smallest absolute Gasteiger partial charge is 0.191 e. The van der Waals surface area contributed by atoms with Crippen LogP contribution in [0.2, 0.25) is 0 Å². The predicted octanol–water partition coefficient (Wildman–Crippen LogP) is 3.33. The van der Waals surface area contributed by atoms with Gasteiger partial charge in [-0.3, -0.25) is 0 Å². The first kappa shape index (κ1) is 18.7. The molecule has 26 heavy (non-hydrogen) atoms. The van der Waals surface area contributed by atoms with Crippen molar-refractivity contribution < 1.29 is 4.74 Å². The summed E-state index contributed by atoms with van der Waals surface area (Å²) in [5, 5.41) is 10.1. The molecule has 6 heteroatoms. The van der Waals surface area contributed by atoms with Gasteiger partial charge < -0.3 is 15.4 Å². The zero-order chi connectivity index (χ0) is 18.2. The van der Waals surface area contributed by atoms with E-state index >= 15 is 0 Å². The molecule has 1 atom stereocenters. The van der Waals surface area contributed by atoms with E-state index in [4.69, 9.17) is 9.73 Å². The van der Waals surface area contributed by atoms with Gasteiger partial charge in [0.15, 0.2) is 5.96 Å². The van der Waals surface area contributed by atoms with Gasteiger partial charge in [-0.05, 0) is 44.7 Å². The number of hydrogen-bond donors (Lipinski definition) is 2. The van der Waals surface area contributed by atoms with Gasteiger partial charge in [-0.25, -0.2) is 9.98 Å². The molecule has 0 saturated carbocycles. The molecule has 1 unspecified atom stereocenters. The Balaban J connectivity index is 1.38. The summed E-state index contributed by atoms with van der Waals surface area (Å²) in [6, 6.07) is 8.24. The van der Waals surface area contributed by atoms with Gasteiger partial charge in [0.25, 0.3) is 0 Å². The molecule has 1 aliphatic heterocycles. The molecule has 5 nitrogen and oxygen atoms in total. The molecule has 2 N–H and O–H groups in total. The molecular weight excluding hydrogens is 344 g/mol. The predicted molar refractivity (Wildman–Crippen MR) is 108 cm³/mol. The lowest BCUT2D eigenvalue weighted by molar-refractivity contribution is 0.241. The zero-order valence-electron chi connectivity index (χ0n) is 15.6. The second-order valence-electron chi connectivity index (χ2n) is 6.54. The molecule has 0 spiro atoms. The number of hydrogen-bond acceptors (Lipinski definition) is 4. The highest BCUT2D eigenvalue weighted by molar-refractivity contribution is 7.09. The van der Waals surface area contributed by atoms with Crippen LogP contribution in [0, 0.1) is 6.92 Å². The van der Waals surface area contributed by atoms with Crippen LogP contribution < -0.4 is 15.4 Å². The van der Waals surface area contributed by atoms with Crippen LogP contribution in [0.4, 0.5) is 0 Å². The number of aromatic nitrogens is 1. The van der Waals surface area contributed by atoms with Gasteiger partial charge in [-0.1, -0.05) is 18.2 Å². The highest BCUT2D eigenvalue weighted by Crippen LogP contribution is 2.28. The largest absolute Gasteiger partial charge is 0.488 e. The van der Waals surface area contributed by atoms with Crippen LogP contribution in [0.3, 0.4) is 0 Å². The van der Waals surface area contributed by atoms with Crippen molar-refractivity contribution in [1.82, 2.24) is 15.6 Å². The number of rotatable bonds is 8. The van der Waals surface area contributed by atoms with Gasteiger partial charge in [-0.15, -0.1) is 11.3 Å². The number of ether oxygens (including phenoxy) is 1. The Morgan fingerprint density at radius 3 is 2.96 bits per heavy atom. The number of guanidine groups is 1. The first-order chi connectivity index (χ1) is 12.7. The van der Waals surface area contributed by atoms with E-state index in [1.807, 2.05) is 19.1 Å². The Kier molecular flexibility index (Phi) is 6.89. The quantitative estimate of drug-likeness (QED) is 0.424. The molecule has 0 radical (unpaired) electrons. The van der Waals surface area contributed by atoms with Crippen LogP contribution in [0.15, 0.2) is 34.6 Å². The molecule has 2 aromatic rings. The van der Waals surface area contributed by atoms with E-state index in [1.54, 1.807) is 11.3 Å². The molecule has 2 heterocycles. The molecular formula is C20H28N4OS. The minimum absolute atomic E-state index is 0.135. The SMILES string of the molecule is CCNC(=NCC1Cc2ccccc2O1)NCCCCc1nc(C)cs1. The summed E-state index contributed by atoms with van der Waals surface area (Å²) >= 11 is 1.76. The number of para-hydroxylation sites is 1. The number of nitrogens with zero attached hydrogens (tertiary/aromatic N) is 2. The number of benzene rings is 1. The first-order valence-corrected chi connectivity index (χ1v) is 10.3. The van der Waals surface area contributed by atoms with Crippen molar-refractivity contribution in [1.29, 1.82) is 0 Å². The Morgan fingerprint density at radius 1 is 1.31 bits per heavy atom. The number of nitrogens with one attached hydrogen (secondary N) is 2. The summed E-state index contributed by atoms with van der Waals surface area (Å²) in [4.78, 5) is 9.21. The third kappa shape index (κ3) is 5.46. The lowest BCUT2D eigenvalue weighted by Crippen LogP contribution is -2.38. The summed E-state index contributed by atoms with van der Waals surface area (Å²) < 4.78 is 5.96. The van der Waals surface area contributed by atoms with Crippen LogP contribution >= 0.6 is 11.3 Å². The second kappa shape index (κ2) is 9.57. The maximum absolute atomic E-state index is 5.96. The minimum atomic E-state index is 0.135. The number of aryl methyl sites for hydroxylation is 2. The van der Waals surface area contributed by atoms with Crippen LogP contribution in [0.1, 0.15) is 36.0 Å². The summed E-state index contributed by atoms with van der Waals surface area (Å²) in [5.41, 5.74) is 2.41. The van der Waals surface area contributed by atoms with Crippen molar-refractivity contribution in [2.45, 2.75) is 45.6 Å². The number of thiazole rings is 1. The highest BCUT2D eigenvalue weighted by atomic mass is 32.1. The third-order valence-corrected chi connectivity index (χ3v) is 5.31. The fraction of sp³-hybridized carbons (Fsp3) is 0.500. The van der Waals surface area contributed by atoms with E-state index in [0.29, 0.717) is 6.54 Å². The van der Waals surface area contributed by atoms with Gasteiger partial charge in [0.2, 0.25) is 0 Å². The van der Waals surface area contributed by atoms with Gasteiger partial charge in [-0.2, -0.15) is 0 Å². The van der Waals surface area contributed by atoms with Crippen molar-refractivity contribution >= 4 is 17.3 Å². The molecule has 1 aliphatic rings. The lowest BCUT2D eigenvalue weighted by Gasteiger charge is -2.13. The summed E-state index contributed by atoms with van der Waals surface area (Å²) in [6.07, 6.45) is 4.37. The Bertz CT molecular complexity index is 703. The normalized spacial score (nSPS) is 16.2. The van der Waals surface area contributed by atoms with Crippen molar-refractivity contribution in [2.75, 3.05) is 19.6 Å². The van der Waals surface area contributed by atoms with Gasteiger partial charge in [0, 0.05) is 30.6 Å². The zero-order valence-corrected chi connectivity index (χ0v) is 16.4. The molecule has 1 aromatic heterocycles. The molecule has 0 amide bonds. The molecule has 0 bridgehead atoms. The highest BCUT2D eigenvalue weighted by Gasteiger charge is 2.21. The van der Waals surface area contributed by atoms with E-state index in [0.717, 1.165) is 56.2 Å².